The third-order valence-electron chi connectivity index (χ3n) is 4.52. The van der Waals surface area contributed by atoms with Crippen LogP contribution in [0.15, 0.2) is 51.7 Å². The van der Waals surface area contributed by atoms with E-state index in [1.807, 2.05) is 6.21 Å². The number of rotatable bonds is 3. The van der Waals surface area contributed by atoms with E-state index in [0.29, 0.717) is 5.92 Å². The zero-order chi connectivity index (χ0) is 16.5. The molecule has 1 aliphatic carbocycles. The Bertz CT molecular complexity index is 631. The second kappa shape index (κ2) is 6.12. The number of hydrogen-bond acceptors (Lipinski definition) is 2. The molecule has 0 fully saturated rings. The van der Waals surface area contributed by atoms with Crippen molar-refractivity contribution >= 4 is 6.21 Å². The van der Waals surface area contributed by atoms with Gasteiger partial charge in [0.2, 0.25) is 0 Å². The molecule has 0 spiro atoms. The van der Waals surface area contributed by atoms with E-state index in [1.165, 1.54) is 33.4 Å². The summed E-state index contributed by atoms with van der Waals surface area (Å²) in [4.78, 5) is 0. The molecule has 2 heteroatoms. The fourth-order valence-electron chi connectivity index (χ4n) is 3.00. The molecule has 2 nitrogen and oxygen atoms in total. The second-order valence-corrected chi connectivity index (χ2v) is 7.30. The molecule has 0 bridgehead atoms. The van der Waals surface area contributed by atoms with Gasteiger partial charge in [0.15, 0.2) is 0 Å². The third kappa shape index (κ3) is 3.32. The smallest absolute Gasteiger partial charge is 0.0543 e. The molecule has 0 saturated heterocycles. The van der Waals surface area contributed by atoms with E-state index < -0.39 is 0 Å². The van der Waals surface area contributed by atoms with Gasteiger partial charge in [0, 0.05) is 11.5 Å². The Balaban J connectivity index is 2.38. The Labute approximate surface area is 135 Å². The molecular formula is C20H28N2. The monoisotopic (exact) mass is 296 g/mol. The van der Waals surface area contributed by atoms with Crippen LogP contribution in [0, 0.1) is 0 Å². The maximum Gasteiger partial charge on any atom is 0.0543 e. The molecule has 22 heavy (non-hydrogen) atoms. The number of nitrogens with one attached hydrogen (secondary N) is 1. The molecule has 0 atom stereocenters. The molecule has 0 radical (unpaired) electrons. The van der Waals surface area contributed by atoms with E-state index in [9.17, 15) is 0 Å². The standard InChI is InChI=1S/C20H28N2/c1-13-14(2)16(4)19(15(13)3)18-11-9-8-10-17(18)12-21-22-20(5,6)7/h8-12,19,22H,1-7H3. The summed E-state index contributed by atoms with van der Waals surface area (Å²) in [5.74, 6) is 0.386. The Hall–Kier alpha value is -1.83. The summed E-state index contributed by atoms with van der Waals surface area (Å²) < 4.78 is 0. The Morgan fingerprint density at radius 3 is 2.05 bits per heavy atom. The van der Waals surface area contributed by atoms with Crippen molar-refractivity contribution in [1.29, 1.82) is 0 Å². The van der Waals surface area contributed by atoms with Gasteiger partial charge in [-0.05, 0) is 70.7 Å². The lowest BCUT2D eigenvalue weighted by molar-refractivity contribution is 0.442. The summed E-state index contributed by atoms with van der Waals surface area (Å²) in [6.07, 6.45) is 1.95. The maximum atomic E-state index is 4.43. The summed E-state index contributed by atoms with van der Waals surface area (Å²) in [7, 11) is 0. The van der Waals surface area contributed by atoms with E-state index >= 15 is 0 Å². The SMILES string of the molecule is CC1=C(C)C(c2ccccc2C=NNC(C)(C)C)C(C)=C1C. The number of hydrazone groups is 1. The molecule has 1 N–H and O–H groups in total. The minimum atomic E-state index is -0.0163. The van der Waals surface area contributed by atoms with Crippen LogP contribution in [-0.2, 0) is 0 Å². The molecule has 0 aromatic heterocycles. The van der Waals surface area contributed by atoms with Crippen molar-refractivity contribution in [2.24, 2.45) is 5.10 Å². The minimum absolute atomic E-state index is 0.0163. The first kappa shape index (κ1) is 16.5. The number of benzene rings is 1. The summed E-state index contributed by atoms with van der Waals surface area (Å²) in [5, 5.41) is 4.43. The lowest BCUT2D eigenvalue weighted by Crippen LogP contribution is -2.31. The number of allylic oxidation sites excluding steroid dienone is 4. The predicted molar refractivity (Wildman–Crippen MR) is 96.4 cm³/mol. The van der Waals surface area contributed by atoms with Crippen molar-refractivity contribution in [3.05, 3.63) is 57.7 Å². The predicted octanol–water partition coefficient (Wildman–Crippen LogP) is 5.18. The highest BCUT2D eigenvalue weighted by atomic mass is 15.3. The van der Waals surface area contributed by atoms with Crippen molar-refractivity contribution < 1.29 is 0 Å². The van der Waals surface area contributed by atoms with Gasteiger partial charge in [0.25, 0.3) is 0 Å². The minimum Gasteiger partial charge on any atom is -0.305 e. The van der Waals surface area contributed by atoms with Crippen LogP contribution in [0.3, 0.4) is 0 Å². The van der Waals surface area contributed by atoms with Crippen molar-refractivity contribution in [2.75, 3.05) is 0 Å². The van der Waals surface area contributed by atoms with Crippen molar-refractivity contribution in [3.8, 4) is 0 Å². The van der Waals surface area contributed by atoms with Crippen LogP contribution in [0.4, 0.5) is 0 Å². The summed E-state index contributed by atoms with van der Waals surface area (Å²) >= 11 is 0. The molecule has 0 unspecified atom stereocenters. The van der Waals surface area contributed by atoms with E-state index in [-0.39, 0.29) is 5.54 Å². The first-order chi connectivity index (χ1) is 10.2. The van der Waals surface area contributed by atoms with Gasteiger partial charge in [0.05, 0.1) is 6.21 Å². The number of hydrogen-bond donors (Lipinski definition) is 1. The lowest BCUT2D eigenvalue weighted by atomic mass is 9.86. The van der Waals surface area contributed by atoms with Crippen LogP contribution in [0.1, 0.15) is 65.5 Å². The van der Waals surface area contributed by atoms with Crippen LogP contribution in [0.2, 0.25) is 0 Å². The molecule has 2 rings (SSSR count). The topological polar surface area (TPSA) is 24.4 Å². The first-order valence-electron chi connectivity index (χ1n) is 7.96. The Kier molecular flexibility index (Phi) is 4.60. The van der Waals surface area contributed by atoms with Crippen LogP contribution in [0.25, 0.3) is 0 Å². The van der Waals surface area contributed by atoms with Gasteiger partial charge in [-0.3, -0.25) is 0 Å². The van der Waals surface area contributed by atoms with E-state index in [0.717, 1.165) is 0 Å². The molecule has 0 saturated carbocycles. The highest BCUT2D eigenvalue weighted by Crippen LogP contribution is 2.43. The van der Waals surface area contributed by atoms with Gasteiger partial charge in [0.1, 0.15) is 0 Å². The Morgan fingerprint density at radius 2 is 1.50 bits per heavy atom. The summed E-state index contributed by atoms with van der Waals surface area (Å²) in [6.45, 7) is 15.3. The molecule has 1 aliphatic rings. The third-order valence-corrected chi connectivity index (χ3v) is 4.52. The molecule has 118 valence electrons. The van der Waals surface area contributed by atoms with Crippen molar-refractivity contribution in [3.63, 3.8) is 0 Å². The quantitative estimate of drug-likeness (QED) is 0.603. The van der Waals surface area contributed by atoms with Crippen LogP contribution < -0.4 is 5.43 Å². The first-order valence-corrected chi connectivity index (χ1v) is 7.96. The molecule has 0 heterocycles. The van der Waals surface area contributed by atoms with E-state index in [2.05, 4.69) is 83.3 Å². The maximum absolute atomic E-state index is 4.43. The molecule has 1 aromatic carbocycles. The lowest BCUT2D eigenvalue weighted by Gasteiger charge is -2.19. The molecule has 0 amide bonds. The average Bonchev–Trinajstić information content (AvgIpc) is 2.63. The molecular weight excluding hydrogens is 268 g/mol. The zero-order valence-corrected chi connectivity index (χ0v) is 14.9. The second-order valence-electron chi connectivity index (χ2n) is 7.30. The van der Waals surface area contributed by atoms with E-state index in [1.54, 1.807) is 0 Å². The fourth-order valence-corrected chi connectivity index (χ4v) is 3.00. The van der Waals surface area contributed by atoms with Gasteiger partial charge >= 0.3 is 0 Å². The van der Waals surface area contributed by atoms with Gasteiger partial charge in [-0.25, -0.2) is 0 Å². The Morgan fingerprint density at radius 1 is 0.955 bits per heavy atom. The highest BCUT2D eigenvalue weighted by molar-refractivity contribution is 5.83. The fraction of sp³-hybridized carbons (Fsp3) is 0.450. The van der Waals surface area contributed by atoms with Gasteiger partial charge in [-0.15, -0.1) is 0 Å². The normalized spacial score (nSPS) is 17.0. The van der Waals surface area contributed by atoms with Crippen LogP contribution >= 0.6 is 0 Å². The van der Waals surface area contributed by atoms with Gasteiger partial charge < -0.3 is 5.43 Å². The van der Waals surface area contributed by atoms with Gasteiger partial charge in [-0.2, -0.15) is 5.10 Å². The summed E-state index contributed by atoms with van der Waals surface area (Å²) in [5.41, 5.74) is 11.5. The van der Waals surface area contributed by atoms with E-state index in [4.69, 9.17) is 0 Å². The van der Waals surface area contributed by atoms with Crippen molar-refractivity contribution in [1.82, 2.24) is 5.43 Å². The van der Waals surface area contributed by atoms with Crippen molar-refractivity contribution in [2.45, 2.75) is 59.9 Å². The molecule has 0 aliphatic heterocycles. The van der Waals surface area contributed by atoms with Gasteiger partial charge in [-0.1, -0.05) is 35.4 Å². The van der Waals surface area contributed by atoms with Crippen LogP contribution in [-0.4, -0.2) is 11.8 Å². The largest absolute Gasteiger partial charge is 0.305 e. The zero-order valence-electron chi connectivity index (χ0n) is 14.9. The highest BCUT2D eigenvalue weighted by Gasteiger charge is 2.26. The summed E-state index contributed by atoms with van der Waals surface area (Å²) in [6, 6.07) is 8.57. The average molecular weight is 296 g/mol. The molecule has 1 aromatic rings. The number of nitrogens with zero attached hydrogens (tertiary/aromatic N) is 1. The van der Waals surface area contributed by atoms with Crippen LogP contribution in [0.5, 0.6) is 0 Å².